The Labute approximate surface area is 132 Å². The SMILES string of the molecule is CCCC1(CO[C@]2(C)CC2(Cl)Cl)COC(C(C)C)OC1. The van der Waals surface area contributed by atoms with Crippen molar-refractivity contribution in [3.05, 3.63) is 0 Å². The molecule has 0 aromatic carbocycles. The second-order valence-corrected chi connectivity index (χ2v) is 8.37. The molecule has 2 aliphatic rings. The molecule has 0 radical (unpaired) electrons. The molecule has 5 heteroatoms. The highest BCUT2D eigenvalue weighted by Gasteiger charge is 2.65. The van der Waals surface area contributed by atoms with Crippen LogP contribution in [0.4, 0.5) is 0 Å². The zero-order valence-corrected chi connectivity index (χ0v) is 14.4. The second-order valence-electron chi connectivity index (χ2n) is 6.89. The van der Waals surface area contributed by atoms with Gasteiger partial charge in [-0.1, -0.05) is 50.4 Å². The lowest BCUT2D eigenvalue weighted by atomic mass is 9.85. The Morgan fingerprint density at radius 1 is 1.25 bits per heavy atom. The lowest BCUT2D eigenvalue weighted by molar-refractivity contribution is -0.258. The van der Waals surface area contributed by atoms with Crippen molar-refractivity contribution in [1.82, 2.24) is 0 Å². The Balaban J connectivity index is 1.91. The Kier molecular flexibility index (Phi) is 4.98. The summed E-state index contributed by atoms with van der Waals surface area (Å²) in [7, 11) is 0. The first kappa shape index (κ1) is 16.8. The van der Waals surface area contributed by atoms with Gasteiger partial charge in [0.1, 0.15) is 9.93 Å². The Morgan fingerprint density at radius 2 is 1.80 bits per heavy atom. The second kappa shape index (κ2) is 5.92. The van der Waals surface area contributed by atoms with E-state index in [-0.39, 0.29) is 11.7 Å². The van der Waals surface area contributed by atoms with E-state index in [1.54, 1.807) is 0 Å². The van der Waals surface area contributed by atoms with Crippen LogP contribution in [0.2, 0.25) is 0 Å². The third-order valence-corrected chi connectivity index (χ3v) is 5.40. The summed E-state index contributed by atoms with van der Waals surface area (Å²) in [5.41, 5.74) is -0.499. The molecular weight excluding hydrogens is 299 g/mol. The van der Waals surface area contributed by atoms with Gasteiger partial charge in [-0.25, -0.2) is 0 Å². The minimum atomic E-state index is -0.739. The highest BCUT2D eigenvalue weighted by molar-refractivity contribution is 6.52. The maximum Gasteiger partial charge on any atom is 0.159 e. The fourth-order valence-corrected chi connectivity index (χ4v) is 3.29. The fourth-order valence-electron chi connectivity index (χ4n) is 2.67. The summed E-state index contributed by atoms with van der Waals surface area (Å²) in [6, 6.07) is 0. The van der Waals surface area contributed by atoms with Crippen LogP contribution >= 0.6 is 23.2 Å². The number of hydrogen-bond acceptors (Lipinski definition) is 3. The van der Waals surface area contributed by atoms with Crippen LogP contribution in [-0.4, -0.2) is 36.0 Å². The molecule has 1 aliphatic heterocycles. The third-order valence-electron chi connectivity index (χ3n) is 4.34. The largest absolute Gasteiger partial charge is 0.371 e. The molecule has 1 aliphatic carbocycles. The minimum absolute atomic E-state index is 0.0738. The first-order valence-corrected chi connectivity index (χ1v) is 8.24. The summed E-state index contributed by atoms with van der Waals surface area (Å²) in [5, 5.41) is 0. The number of ether oxygens (including phenoxy) is 3. The van der Waals surface area contributed by atoms with Gasteiger partial charge >= 0.3 is 0 Å². The van der Waals surface area contributed by atoms with Crippen molar-refractivity contribution in [2.45, 2.75) is 63.2 Å². The van der Waals surface area contributed by atoms with E-state index < -0.39 is 9.93 Å². The van der Waals surface area contributed by atoms with Crippen LogP contribution in [-0.2, 0) is 14.2 Å². The van der Waals surface area contributed by atoms with Crippen molar-refractivity contribution < 1.29 is 14.2 Å². The van der Waals surface area contributed by atoms with Crippen molar-refractivity contribution in [3.63, 3.8) is 0 Å². The maximum absolute atomic E-state index is 6.13. The molecule has 1 atom stereocenters. The average molecular weight is 325 g/mol. The molecule has 0 N–H and O–H groups in total. The molecule has 20 heavy (non-hydrogen) atoms. The molecule has 1 saturated heterocycles. The number of halogens is 2. The summed E-state index contributed by atoms with van der Waals surface area (Å²) in [6.07, 6.45) is 2.68. The van der Waals surface area contributed by atoms with Crippen LogP contribution in [0.3, 0.4) is 0 Å². The number of hydrogen-bond donors (Lipinski definition) is 0. The first-order valence-electron chi connectivity index (χ1n) is 7.49. The number of alkyl halides is 2. The molecule has 0 aromatic heterocycles. The molecule has 1 heterocycles. The van der Waals surface area contributed by atoms with E-state index in [9.17, 15) is 0 Å². The molecular formula is C15H26Cl2O3. The van der Waals surface area contributed by atoms with Gasteiger partial charge in [0.05, 0.1) is 19.8 Å². The summed E-state index contributed by atoms with van der Waals surface area (Å²) in [4.78, 5) is 0. The Morgan fingerprint density at radius 3 is 2.20 bits per heavy atom. The zero-order chi connectivity index (χ0) is 15.0. The predicted octanol–water partition coefficient (Wildman–Crippen LogP) is 4.15. The maximum atomic E-state index is 6.13. The summed E-state index contributed by atoms with van der Waals surface area (Å²) in [6.45, 7) is 10.3. The Bertz CT molecular complexity index is 338. The molecule has 1 saturated carbocycles. The topological polar surface area (TPSA) is 27.7 Å². The lowest BCUT2D eigenvalue weighted by Gasteiger charge is -2.41. The van der Waals surface area contributed by atoms with Crippen LogP contribution < -0.4 is 0 Å². The van der Waals surface area contributed by atoms with Crippen molar-refractivity contribution in [3.8, 4) is 0 Å². The zero-order valence-electron chi connectivity index (χ0n) is 12.9. The van der Waals surface area contributed by atoms with Gasteiger partial charge in [0, 0.05) is 17.8 Å². The molecule has 118 valence electrons. The Hall–Kier alpha value is 0.460. The molecule has 0 unspecified atom stereocenters. The van der Waals surface area contributed by atoms with E-state index >= 15 is 0 Å². The van der Waals surface area contributed by atoms with E-state index in [4.69, 9.17) is 37.4 Å². The highest BCUT2D eigenvalue weighted by atomic mass is 35.5. The predicted molar refractivity (Wildman–Crippen MR) is 81.3 cm³/mol. The normalized spacial score (nSPS) is 40.0. The standard InChI is InChI=1S/C15H26Cl2O3/c1-5-6-14(8-18-12(11(2)3)19-9-14)10-20-13(4)7-15(13,16)17/h11-12H,5-10H2,1-4H3/t12?,13-,14?/m1/s1. The molecule has 2 rings (SSSR count). The van der Waals surface area contributed by atoms with Crippen LogP contribution in [0.15, 0.2) is 0 Å². The third kappa shape index (κ3) is 3.44. The molecule has 0 aromatic rings. The molecule has 2 fully saturated rings. The van der Waals surface area contributed by atoms with E-state index in [2.05, 4.69) is 20.8 Å². The average Bonchev–Trinajstić information content (AvgIpc) is 2.88. The van der Waals surface area contributed by atoms with Crippen molar-refractivity contribution >= 4 is 23.2 Å². The summed E-state index contributed by atoms with van der Waals surface area (Å²) in [5.74, 6) is 0.370. The van der Waals surface area contributed by atoms with Gasteiger partial charge in [-0.3, -0.25) is 0 Å². The van der Waals surface area contributed by atoms with Crippen LogP contribution in [0.1, 0.15) is 47.0 Å². The molecule has 0 bridgehead atoms. The summed E-state index contributed by atoms with van der Waals surface area (Å²) >= 11 is 12.3. The van der Waals surface area contributed by atoms with Crippen molar-refractivity contribution in [1.29, 1.82) is 0 Å². The minimum Gasteiger partial charge on any atom is -0.371 e. The van der Waals surface area contributed by atoms with E-state index in [1.165, 1.54) is 0 Å². The van der Waals surface area contributed by atoms with Gasteiger partial charge in [0.15, 0.2) is 6.29 Å². The van der Waals surface area contributed by atoms with Gasteiger partial charge < -0.3 is 14.2 Å². The fraction of sp³-hybridized carbons (Fsp3) is 1.00. The smallest absolute Gasteiger partial charge is 0.159 e. The van der Waals surface area contributed by atoms with E-state index in [0.717, 1.165) is 12.8 Å². The number of rotatable bonds is 6. The quantitative estimate of drug-likeness (QED) is 0.687. The van der Waals surface area contributed by atoms with E-state index in [1.807, 2.05) is 6.92 Å². The molecule has 0 amide bonds. The highest BCUT2D eigenvalue weighted by Crippen LogP contribution is 2.59. The van der Waals surface area contributed by atoms with E-state index in [0.29, 0.717) is 32.2 Å². The van der Waals surface area contributed by atoms with Gasteiger partial charge in [0.2, 0.25) is 0 Å². The van der Waals surface area contributed by atoms with Gasteiger partial charge in [0.25, 0.3) is 0 Å². The molecule has 3 nitrogen and oxygen atoms in total. The van der Waals surface area contributed by atoms with Crippen LogP contribution in [0.5, 0.6) is 0 Å². The van der Waals surface area contributed by atoms with Crippen molar-refractivity contribution in [2.75, 3.05) is 19.8 Å². The lowest BCUT2D eigenvalue weighted by Crippen LogP contribution is -2.47. The summed E-state index contributed by atoms with van der Waals surface area (Å²) < 4.78 is 17.0. The van der Waals surface area contributed by atoms with Gasteiger partial charge in [-0.15, -0.1) is 0 Å². The van der Waals surface area contributed by atoms with Gasteiger partial charge in [-0.2, -0.15) is 0 Å². The first-order chi connectivity index (χ1) is 9.24. The monoisotopic (exact) mass is 324 g/mol. The van der Waals surface area contributed by atoms with Crippen LogP contribution in [0.25, 0.3) is 0 Å². The van der Waals surface area contributed by atoms with Crippen molar-refractivity contribution in [2.24, 2.45) is 11.3 Å². The van der Waals surface area contributed by atoms with Gasteiger partial charge in [-0.05, 0) is 13.3 Å². The van der Waals surface area contributed by atoms with Crippen LogP contribution in [0, 0.1) is 11.3 Å². The molecule has 0 spiro atoms.